The number of phenolic OH excluding ortho intramolecular Hbond substituents is 1. The number of nitrogens with two attached hydrogens (primary N) is 1. The van der Waals surface area contributed by atoms with Crippen molar-refractivity contribution >= 4 is 53.6 Å². The Hall–Kier alpha value is -3.12. The number of anilines is 1. The first-order valence-corrected chi connectivity index (χ1v) is 10.6. The Morgan fingerprint density at radius 2 is 1.91 bits per heavy atom. The standard InChI is InChI=1S/C22H22ClN3O8.ClH/c1-26(2)15-9-4-7-3-8-5-10(23)14(25-6-27)17(29)11(8)16(28)12(7)19(31)22(9,34)20(32)13(18(15)30)21(24)33;/h5-7,9,15,29-31,34H,3-4H2,1-2H3,(H2,24,33)(H,25,27);1H/t7?,9?,15-,22-;/m0./s1. The van der Waals surface area contributed by atoms with Crippen molar-refractivity contribution in [3.05, 3.63) is 44.9 Å². The third kappa shape index (κ3) is 3.49. The van der Waals surface area contributed by atoms with E-state index in [2.05, 4.69) is 5.32 Å². The number of rotatable bonds is 4. The fourth-order valence-corrected chi connectivity index (χ4v) is 5.74. The highest BCUT2D eigenvalue weighted by atomic mass is 35.5. The Labute approximate surface area is 210 Å². The number of hydrogen-bond acceptors (Lipinski definition) is 9. The monoisotopic (exact) mass is 527 g/mol. The molecule has 0 spiro atoms. The van der Waals surface area contributed by atoms with E-state index < -0.39 is 63.8 Å². The molecule has 0 aliphatic heterocycles. The first-order chi connectivity index (χ1) is 15.9. The van der Waals surface area contributed by atoms with Gasteiger partial charge in [-0.1, -0.05) is 11.6 Å². The van der Waals surface area contributed by atoms with E-state index in [1.54, 1.807) is 14.1 Å². The maximum Gasteiger partial charge on any atom is 0.255 e. The summed E-state index contributed by atoms with van der Waals surface area (Å²) in [5.41, 5.74) is 1.30. The number of ketones is 2. The van der Waals surface area contributed by atoms with Gasteiger partial charge >= 0.3 is 0 Å². The van der Waals surface area contributed by atoms with Crippen molar-refractivity contribution in [3.8, 4) is 5.75 Å². The Kier molecular flexibility index (Phi) is 6.68. The smallest absolute Gasteiger partial charge is 0.255 e. The predicted molar refractivity (Wildman–Crippen MR) is 126 cm³/mol. The summed E-state index contributed by atoms with van der Waals surface area (Å²) >= 11 is 6.15. The third-order valence-corrected chi connectivity index (χ3v) is 7.17. The normalized spacial score (nSPS) is 27.6. The minimum absolute atomic E-state index is 0. The number of benzene rings is 1. The van der Waals surface area contributed by atoms with Gasteiger partial charge in [-0.25, -0.2) is 0 Å². The highest BCUT2D eigenvalue weighted by molar-refractivity contribution is 6.34. The van der Waals surface area contributed by atoms with Crippen LogP contribution in [0.4, 0.5) is 5.69 Å². The molecule has 2 unspecified atom stereocenters. The minimum Gasteiger partial charge on any atom is -0.510 e. The molecule has 0 saturated heterocycles. The van der Waals surface area contributed by atoms with E-state index in [0.29, 0.717) is 5.56 Å². The third-order valence-electron chi connectivity index (χ3n) is 6.87. The summed E-state index contributed by atoms with van der Waals surface area (Å²) in [7, 11) is 3.10. The number of nitrogens with one attached hydrogen (secondary N) is 1. The Bertz CT molecular complexity index is 1240. The summed E-state index contributed by atoms with van der Waals surface area (Å²) in [6.07, 6.45) is 0.335. The van der Waals surface area contributed by atoms with Crippen molar-refractivity contribution in [1.29, 1.82) is 0 Å². The van der Waals surface area contributed by atoms with Gasteiger partial charge in [-0.3, -0.25) is 24.1 Å². The number of phenols is 1. The highest BCUT2D eigenvalue weighted by Crippen LogP contribution is 2.53. The second kappa shape index (κ2) is 8.83. The molecular weight excluding hydrogens is 505 g/mol. The van der Waals surface area contributed by atoms with Crippen LogP contribution in [0, 0.1) is 11.8 Å². The number of halogens is 2. The molecule has 3 aliphatic rings. The first kappa shape index (κ1) is 26.5. The fraction of sp³-hybridized carbons (Fsp3) is 0.364. The van der Waals surface area contributed by atoms with Gasteiger partial charge in [0.15, 0.2) is 17.1 Å². The van der Waals surface area contributed by atoms with Crippen molar-refractivity contribution in [1.82, 2.24) is 4.90 Å². The molecule has 1 aromatic carbocycles. The van der Waals surface area contributed by atoms with Crippen molar-refractivity contribution < 1.29 is 39.6 Å². The van der Waals surface area contributed by atoms with Crippen LogP contribution < -0.4 is 11.1 Å². The molecule has 3 aliphatic carbocycles. The average Bonchev–Trinajstić information content (AvgIpc) is 2.73. The number of allylic oxidation sites excluding steroid dienone is 1. The molecule has 0 radical (unpaired) electrons. The SMILES string of the molecule is CN(C)[C@@H]1C(O)=C(C(N)=O)C(=O)[C@@]2(O)C(O)=C3C(=O)c4c(cc(Cl)c(NC=O)c4O)CC3CC12.Cl. The Morgan fingerprint density at radius 3 is 2.46 bits per heavy atom. The van der Waals surface area contributed by atoms with Gasteiger partial charge in [0.05, 0.1) is 16.6 Å². The zero-order valence-electron chi connectivity index (χ0n) is 18.5. The van der Waals surface area contributed by atoms with E-state index in [4.69, 9.17) is 17.3 Å². The maximum atomic E-state index is 13.4. The number of amides is 2. The van der Waals surface area contributed by atoms with Gasteiger partial charge in [-0.15, -0.1) is 12.4 Å². The zero-order chi connectivity index (χ0) is 25.3. The maximum absolute atomic E-state index is 13.4. The number of carbonyl (C=O) groups is 4. The summed E-state index contributed by atoms with van der Waals surface area (Å²) in [6.45, 7) is 0. The number of Topliss-reactive ketones (excluding diaryl/α,β-unsaturated/α-hetero) is 2. The average molecular weight is 528 g/mol. The molecule has 0 heterocycles. The van der Waals surface area contributed by atoms with E-state index in [9.17, 15) is 39.6 Å². The fourth-order valence-electron chi connectivity index (χ4n) is 5.47. The van der Waals surface area contributed by atoms with Gasteiger partial charge in [-0.05, 0) is 44.5 Å². The molecule has 13 heteroatoms. The summed E-state index contributed by atoms with van der Waals surface area (Å²) in [4.78, 5) is 50.9. The summed E-state index contributed by atoms with van der Waals surface area (Å²) in [5, 5.41) is 46.2. The van der Waals surface area contributed by atoms with E-state index in [1.165, 1.54) is 11.0 Å². The summed E-state index contributed by atoms with van der Waals surface area (Å²) < 4.78 is 0. The van der Waals surface area contributed by atoms with Crippen molar-refractivity contribution in [3.63, 3.8) is 0 Å². The molecule has 11 nitrogen and oxygen atoms in total. The van der Waals surface area contributed by atoms with Crippen LogP contribution in [-0.2, 0) is 20.8 Å². The van der Waals surface area contributed by atoms with Gasteiger partial charge in [-0.2, -0.15) is 0 Å². The van der Waals surface area contributed by atoms with Gasteiger partial charge in [0.1, 0.15) is 22.8 Å². The molecule has 7 N–H and O–H groups in total. The van der Waals surface area contributed by atoms with Crippen molar-refractivity contribution in [2.24, 2.45) is 17.6 Å². The molecule has 0 fully saturated rings. The van der Waals surface area contributed by atoms with E-state index in [-0.39, 0.29) is 53.5 Å². The molecule has 1 aromatic rings. The van der Waals surface area contributed by atoms with Gasteiger partial charge in [0, 0.05) is 11.5 Å². The van der Waals surface area contributed by atoms with Crippen LogP contribution in [0.25, 0.3) is 0 Å². The molecule has 0 saturated carbocycles. The second-order valence-electron chi connectivity index (χ2n) is 8.84. The predicted octanol–water partition coefficient (Wildman–Crippen LogP) is 0.764. The van der Waals surface area contributed by atoms with Crippen LogP contribution in [0.5, 0.6) is 5.75 Å². The lowest BCUT2D eigenvalue weighted by Gasteiger charge is -2.50. The van der Waals surface area contributed by atoms with Crippen LogP contribution >= 0.6 is 24.0 Å². The Balaban J connectivity index is 0.00000342. The van der Waals surface area contributed by atoms with Gasteiger partial charge in [0.2, 0.25) is 12.2 Å². The number of aromatic hydroxyl groups is 1. The number of aliphatic hydroxyl groups excluding tert-OH is 2. The molecule has 4 atom stereocenters. The summed E-state index contributed by atoms with van der Waals surface area (Å²) in [5.74, 6) is -7.51. The van der Waals surface area contributed by atoms with Crippen LogP contribution in [0.1, 0.15) is 22.3 Å². The topological polar surface area (TPSA) is 190 Å². The van der Waals surface area contributed by atoms with Crippen LogP contribution in [-0.4, -0.2) is 74.9 Å². The molecule has 2 amide bonds. The van der Waals surface area contributed by atoms with E-state index in [0.717, 1.165) is 0 Å². The Morgan fingerprint density at radius 1 is 1.29 bits per heavy atom. The summed E-state index contributed by atoms with van der Waals surface area (Å²) in [6, 6.07) is 0.342. The molecule has 4 rings (SSSR count). The molecule has 0 aromatic heterocycles. The molecule has 0 bridgehead atoms. The van der Waals surface area contributed by atoms with Crippen LogP contribution in [0.2, 0.25) is 5.02 Å². The largest absolute Gasteiger partial charge is 0.510 e. The second-order valence-corrected chi connectivity index (χ2v) is 9.25. The van der Waals surface area contributed by atoms with Crippen LogP contribution in [0.3, 0.4) is 0 Å². The van der Waals surface area contributed by atoms with E-state index >= 15 is 0 Å². The quantitative estimate of drug-likeness (QED) is 0.186. The number of carbonyl (C=O) groups excluding carboxylic acids is 4. The van der Waals surface area contributed by atoms with Gasteiger partial charge in [0.25, 0.3) is 5.91 Å². The minimum atomic E-state index is -2.71. The van der Waals surface area contributed by atoms with Crippen molar-refractivity contribution in [2.45, 2.75) is 24.5 Å². The molecule has 35 heavy (non-hydrogen) atoms. The van der Waals surface area contributed by atoms with Gasteiger partial charge < -0.3 is 31.5 Å². The zero-order valence-corrected chi connectivity index (χ0v) is 20.1. The first-order valence-electron chi connectivity index (χ1n) is 10.3. The lowest BCUT2D eigenvalue weighted by Crippen LogP contribution is -2.63. The highest BCUT2D eigenvalue weighted by Gasteiger charge is 2.63. The van der Waals surface area contributed by atoms with E-state index in [1.807, 2.05) is 0 Å². The van der Waals surface area contributed by atoms with Crippen molar-refractivity contribution in [2.75, 3.05) is 19.4 Å². The number of likely N-dealkylation sites (N-methyl/N-ethyl adjacent to an activating group) is 1. The number of fused-ring (bicyclic) bond motifs is 3. The lowest BCUT2D eigenvalue weighted by atomic mass is 9.58. The number of nitrogens with zero attached hydrogens (tertiary/aromatic N) is 1. The lowest BCUT2D eigenvalue weighted by molar-refractivity contribution is -0.148. The van der Waals surface area contributed by atoms with Crippen LogP contribution in [0.15, 0.2) is 28.7 Å². The number of aliphatic hydroxyl groups is 3. The molecular formula is C22H23Cl2N3O8. The molecule has 188 valence electrons. The number of hydrogen-bond donors (Lipinski definition) is 6. The number of primary amides is 1.